The largest absolute Gasteiger partial charge is 0.355 e. The van der Waals surface area contributed by atoms with Crippen molar-refractivity contribution >= 4 is 109 Å². The summed E-state index contributed by atoms with van der Waals surface area (Å²) in [5.41, 5.74) is 46.2. The van der Waals surface area contributed by atoms with Gasteiger partial charge >= 0.3 is 0 Å². The van der Waals surface area contributed by atoms with Crippen molar-refractivity contribution in [3.8, 4) is 89.0 Å². The zero-order valence-corrected chi connectivity index (χ0v) is 64.3. The van der Waals surface area contributed by atoms with Gasteiger partial charge in [-0.05, 0) is 273 Å². The monoisotopic (exact) mass is 1480 g/mol. The first-order valence-electron chi connectivity index (χ1n) is 38.2. The van der Waals surface area contributed by atoms with Crippen molar-refractivity contribution in [2.75, 3.05) is 0 Å². The van der Waals surface area contributed by atoms with E-state index < -0.39 is 0 Å². The lowest BCUT2D eigenvalue weighted by Gasteiger charge is -2.22. The van der Waals surface area contributed by atoms with E-state index in [2.05, 4.69) is 377 Å². The molecule has 0 radical (unpaired) electrons. The summed E-state index contributed by atoms with van der Waals surface area (Å²) in [6.45, 7) is 20.8. The van der Waals surface area contributed by atoms with Crippen molar-refractivity contribution in [2.24, 2.45) is 0 Å². The Morgan fingerprint density at radius 1 is 0.245 bits per heavy atom. The lowest BCUT2D eigenvalue weighted by atomic mass is 9.81. The maximum atomic E-state index is 5.35. The Morgan fingerprint density at radius 2 is 0.527 bits per heavy atom. The zero-order valence-electron chi connectivity index (χ0n) is 62.7. The van der Waals surface area contributed by atoms with Crippen molar-refractivity contribution in [2.45, 2.75) is 84.0 Å². The average molecular weight is 1480 g/mol. The number of aryl methyl sites for hydroxylation is 1. The third-order valence-corrected chi connectivity index (χ3v) is 25.7. The Kier molecular flexibility index (Phi) is 14.3. The minimum atomic E-state index is -0.114. The fraction of sp³-hybridized carbons (Fsp3) is 0.129. The molecule has 16 bridgehead atoms. The van der Waals surface area contributed by atoms with E-state index in [-0.39, 0.29) is 21.7 Å². The number of H-pyrrole nitrogens is 4. The Bertz CT molecular complexity index is 6530. The molecule has 0 amide bonds. The van der Waals surface area contributed by atoms with Gasteiger partial charge in [0.2, 0.25) is 0 Å². The van der Waals surface area contributed by atoms with Crippen LogP contribution in [0, 0.1) is 6.92 Å². The molecule has 110 heavy (non-hydrogen) atoms. The molecular formula is C101H77BrN8. The van der Waals surface area contributed by atoms with Gasteiger partial charge in [-0.2, -0.15) is 0 Å². The summed E-state index contributed by atoms with van der Waals surface area (Å²) in [4.78, 5) is 36.2. The number of aromatic amines is 4. The van der Waals surface area contributed by atoms with Gasteiger partial charge in [-0.15, -0.1) is 0 Å². The summed E-state index contributed by atoms with van der Waals surface area (Å²) in [7, 11) is 0. The predicted molar refractivity (Wildman–Crippen MR) is 462 cm³/mol. The van der Waals surface area contributed by atoms with E-state index in [1.165, 1.54) is 89.0 Å². The smallest absolute Gasteiger partial charge is 0.0801 e. The molecule has 528 valence electrons. The Hall–Kier alpha value is -12.6. The van der Waals surface area contributed by atoms with Crippen LogP contribution in [-0.2, 0) is 21.7 Å². The lowest BCUT2D eigenvalue weighted by molar-refractivity contribution is 0.660. The van der Waals surface area contributed by atoms with Gasteiger partial charge in [0.1, 0.15) is 0 Å². The highest BCUT2D eigenvalue weighted by atomic mass is 79.9. The van der Waals surface area contributed by atoms with Crippen molar-refractivity contribution < 1.29 is 0 Å². The van der Waals surface area contributed by atoms with Crippen LogP contribution in [0.15, 0.2) is 235 Å². The molecule has 8 aliphatic rings. The molecule has 14 aromatic rings. The number of rotatable bonds is 4. The van der Waals surface area contributed by atoms with E-state index in [1.807, 2.05) is 0 Å². The van der Waals surface area contributed by atoms with Gasteiger partial charge in [0, 0.05) is 82.5 Å². The molecule has 8 aromatic carbocycles. The minimum absolute atomic E-state index is 0.1000. The molecule has 0 fully saturated rings. The van der Waals surface area contributed by atoms with Crippen LogP contribution in [0.25, 0.3) is 182 Å². The molecule has 0 saturated heterocycles. The molecule has 9 heteroatoms. The molecule has 0 unspecified atom stereocenters. The van der Waals surface area contributed by atoms with E-state index in [9.17, 15) is 0 Å². The van der Waals surface area contributed by atoms with E-state index >= 15 is 0 Å². The summed E-state index contributed by atoms with van der Waals surface area (Å²) >= 11 is 3.98. The van der Waals surface area contributed by atoms with Gasteiger partial charge in [0.15, 0.2) is 0 Å². The second-order valence-electron chi connectivity index (χ2n) is 32.6. The van der Waals surface area contributed by atoms with Gasteiger partial charge in [0.05, 0.1) is 55.5 Å². The third kappa shape index (κ3) is 10.0. The Morgan fingerprint density at radius 3 is 0.918 bits per heavy atom. The minimum Gasteiger partial charge on any atom is -0.355 e. The molecule has 10 heterocycles. The SMILES string of the molecule is CC1(C)c2ccccc2-c2ccc(-c3c4nc(cc5ccc([nH]5)c(-c5ccc6c(c5)C(C)(C)c5ccccc5-6)c5nc(cc6ccc3[nH]6)C=C5)C=C4)cc21.Cc1c2nc(c(-c3ccc4c(c3)C(C)(C)c3ccccc3-4)c3ccc([nH]3)c(Br)c3nc(c(-c4ccc5c(c4)C(C)(C)c4ccccc4-5)c4ccc1[nH]4)C=C3)C=C2. The lowest BCUT2D eigenvalue weighted by Crippen LogP contribution is -2.14. The number of fused-ring (bicyclic) bond motifs is 28. The van der Waals surface area contributed by atoms with Crippen LogP contribution in [0.1, 0.15) is 151 Å². The van der Waals surface area contributed by atoms with Crippen LogP contribution < -0.4 is 0 Å². The van der Waals surface area contributed by atoms with Crippen molar-refractivity contribution in [1.29, 1.82) is 0 Å². The number of aromatic nitrogens is 8. The first kappa shape index (κ1) is 65.7. The number of halogens is 1. The molecule has 0 saturated carbocycles. The van der Waals surface area contributed by atoms with Gasteiger partial charge in [-0.25, -0.2) is 19.9 Å². The summed E-state index contributed by atoms with van der Waals surface area (Å²) in [6.07, 6.45) is 17.1. The molecule has 4 aliphatic carbocycles. The zero-order chi connectivity index (χ0) is 74.4. The molecule has 0 atom stereocenters. The summed E-state index contributed by atoms with van der Waals surface area (Å²) in [5.74, 6) is 0. The van der Waals surface area contributed by atoms with E-state index in [0.29, 0.717) is 0 Å². The number of hydrogen-bond donors (Lipinski definition) is 4. The van der Waals surface area contributed by atoms with Gasteiger partial charge in [0.25, 0.3) is 0 Å². The number of nitrogens with one attached hydrogen (secondary N) is 4. The second-order valence-corrected chi connectivity index (χ2v) is 33.4. The number of nitrogens with zero attached hydrogens (tertiary/aromatic N) is 4. The van der Waals surface area contributed by atoms with Crippen LogP contribution >= 0.6 is 15.9 Å². The topological polar surface area (TPSA) is 115 Å². The number of benzene rings is 8. The van der Waals surface area contributed by atoms with Crippen LogP contribution in [-0.4, -0.2) is 39.9 Å². The van der Waals surface area contributed by atoms with E-state index in [0.717, 1.165) is 144 Å². The van der Waals surface area contributed by atoms with Crippen LogP contribution in [0.5, 0.6) is 0 Å². The normalized spacial score (nSPS) is 15.1. The summed E-state index contributed by atoms with van der Waals surface area (Å²) in [5, 5.41) is 0. The van der Waals surface area contributed by atoms with Crippen LogP contribution in [0.4, 0.5) is 0 Å². The molecule has 4 N–H and O–H groups in total. The molecular weight excluding hydrogens is 1410 g/mol. The Labute approximate surface area is 647 Å². The predicted octanol–water partition coefficient (Wildman–Crippen LogP) is 26.3. The molecule has 8 nitrogen and oxygen atoms in total. The maximum Gasteiger partial charge on any atom is 0.0801 e. The highest BCUT2D eigenvalue weighted by Crippen LogP contribution is 2.55. The Balaban J connectivity index is 0.000000140. The number of hydrogen-bond acceptors (Lipinski definition) is 4. The molecule has 0 spiro atoms. The van der Waals surface area contributed by atoms with Gasteiger partial charge < -0.3 is 19.9 Å². The molecule has 4 aliphatic heterocycles. The fourth-order valence-corrected chi connectivity index (χ4v) is 19.5. The van der Waals surface area contributed by atoms with Crippen molar-refractivity contribution in [1.82, 2.24) is 39.9 Å². The van der Waals surface area contributed by atoms with E-state index in [4.69, 9.17) is 19.9 Å². The maximum absolute atomic E-state index is 5.35. The summed E-state index contributed by atoms with van der Waals surface area (Å²) < 4.78 is 0.907. The van der Waals surface area contributed by atoms with Crippen molar-refractivity contribution in [3.05, 3.63) is 331 Å². The fourth-order valence-electron chi connectivity index (χ4n) is 19.0. The molecule has 22 rings (SSSR count). The molecule has 6 aromatic heterocycles. The quantitative estimate of drug-likeness (QED) is 0.141. The first-order valence-corrected chi connectivity index (χ1v) is 39.0. The standard InChI is InChI=1S/C51H39BrN4.C50H38N4/c1-28-39-18-20-41(53-39)47(29-14-16-33-31-10-6-8-12-35(31)50(2,3)37(33)26-29)43-22-24-45(55-43)49(52)46-25-23-44(56-46)48(42-21-19-40(28)54-42)30-15-17-34-32-11-7-9-13-36(32)51(4,5)38(34)27-30;1-49(2)39-11-7-5-9-35(39)37-19-13-29(25-41(37)49)47-43-21-15-31(51-43)27-33-17-23-45(53-33)48(46-24-18-34(54-46)28-32-16-22-44(47)52-32)30-14-20-38-36-10-6-8-12-40(36)50(3,4)42(38)26-30/h6-27,53,56H,1-5H3;5-28,51,54H,1-4H3. The average Bonchev–Trinajstić information content (AvgIpc) is 1.59. The summed E-state index contributed by atoms with van der Waals surface area (Å²) in [6, 6.07) is 84.5. The highest BCUT2D eigenvalue weighted by molar-refractivity contribution is 9.10. The van der Waals surface area contributed by atoms with Crippen molar-refractivity contribution in [3.63, 3.8) is 0 Å². The van der Waals surface area contributed by atoms with Gasteiger partial charge in [-0.1, -0.05) is 201 Å². The second kappa shape index (κ2) is 24.0. The van der Waals surface area contributed by atoms with E-state index in [1.54, 1.807) is 0 Å². The van der Waals surface area contributed by atoms with Crippen LogP contribution in [0.3, 0.4) is 0 Å². The highest BCUT2D eigenvalue weighted by Gasteiger charge is 2.40. The van der Waals surface area contributed by atoms with Gasteiger partial charge in [-0.3, -0.25) is 0 Å². The first-order chi connectivity index (χ1) is 53.3. The van der Waals surface area contributed by atoms with Crippen LogP contribution in [0.2, 0.25) is 0 Å². The third-order valence-electron chi connectivity index (χ3n) is 24.8.